The van der Waals surface area contributed by atoms with Gasteiger partial charge >= 0.3 is 0 Å². The number of aromatic nitrogens is 6. The Hall–Kier alpha value is -4.24. The van der Waals surface area contributed by atoms with Crippen LogP contribution in [0.2, 0.25) is 0 Å². The molecule has 0 saturated heterocycles. The smallest absolute Gasteiger partial charge is 0.140 e. The molecule has 5 rings (SSSR count). The van der Waals surface area contributed by atoms with Crippen molar-refractivity contribution in [3.8, 4) is 28.3 Å². The lowest BCUT2D eigenvalue weighted by atomic mass is 10.1. The number of ether oxygens (including phenoxy) is 1. The van der Waals surface area contributed by atoms with Gasteiger partial charge in [-0.25, -0.2) is 15.0 Å². The van der Waals surface area contributed by atoms with Gasteiger partial charge in [-0.15, -0.1) is 0 Å². The van der Waals surface area contributed by atoms with Crippen LogP contribution in [0.15, 0.2) is 73.6 Å². The highest BCUT2D eigenvalue weighted by Crippen LogP contribution is 2.24. The molecule has 1 aromatic carbocycles. The molecular weight excluding hydrogens is 440 g/mol. The fourth-order valence-corrected chi connectivity index (χ4v) is 3.76. The van der Waals surface area contributed by atoms with Crippen LogP contribution in [0.25, 0.3) is 28.2 Å². The van der Waals surface area contributed by atoms with E-state index in [0.29, 0.717) is 13.2 Å². The lowest BCUT2D eigenvalue weighted by molar-refractivity contribution is 0.261. The van der Waals surface area contributed by atoms with Crippen molar-refractivity contribution >= 4 is 11.5 Å². The van der Waals surface area contributed by atoms with E-state index in [0.717, 1.165) is 51.8 Å². The molecule has 0 unspecified atom stereocenters. The SMILES string of the molecule is CN(C)CCOc1ccn2c(-c3cc(NCc4ccc(-c5cnn(C)c5)cc4)ncn3)cnc2c1. The van der Waals surface area contributed by atoms with Gasteiger partial charge in [0.15, 0.2) is 0 Å². The summed E-state index contributed by atoms with van der Waals surface area (Å²) in [7, 11) is 5.97. The first-order chi connectivity index (χ1) is 17.0. The van der Waals surface area contributed by atoms with E-state index >= 15 is 0 Å². The number of anilines is 1. The van der Waals surface area contributed by atoms with Crippen LogP contribution >= 0.6 is 0 Å². The summed E-state index contributed by atoms with van der Waals surface area (Å²) in [5.41, 5.74) is 5.91. The Balaban J connectivity index is 1.26. The normalized spacial score (nSPS) is 11.3. The number of benzene rings is 1. The Kier molecular flexibility index (Phi) is 6.40. The van der Waals surface area contributed by atoms with Gasteiger partial charge in [0, 0.05) is 50.2 Å². The van der Waals surface area contributed by atoms with Crippen molar-refractivity contribution in [2.75, 3.05) is 32.6 Å². The predicted molar refractivity (Wildman–Crippen MR) is 136 cm³/mol. The molecule has 0 atom stereocenters. The quantitative estimate of drug-likeness (QED) is 0.353. The van der Waals surface area contributed by atoms with E-state index in [4.69, 9.17) is 4.74 Å². The van der Waals surface area contributed by atoms with E-state index < -0.39 is 0 Å². The van der Waals surface area contributed by atoms with E-state index in [2.05, 4.69) is 54.5 Å². The van der Waals surface area contributed by atoms with Crippen LogP contribution < -0.4 is 10.1 Å². The molecule has 4 heterocycles. The molecule has 5 aromatic rings. The molecule has 0 radical (unpaired) electrons. The molecule has 4 aromatic heterocycles. The number of pyridine rings is 1. The molecule has 35 heavy (non-hydrogen) atoms. The van der Waals surface area contributed by atoms with Gasteiger partial charge in [0.1, 0.15) is 30.1 Å². The van der Waals surface area contributed by atoms with Crippen molar-refractivity contribution in [1.29, 1.82) is 0 Å². The summed E-state index contributed by atoms with van der Waals surface area (Å²) >= 11 is 0. The van der Waals surface area contributed by atoms with Crippen molar-refractivity contribution < 1.29 is 4.74 Å². The van der Waals surface area contributed by atoms with Gasteiger partial charge in [-0.2, -0.15) is 5.10 Å². The number of aryl methyl sites for hydroxylation is 1. The average molecular weight is 469 g/mol. The Morgan fingerprint density at radius 2 is 1.83 bits per heavy atom. The van der Waals surface area contributed by atoms with Crippen LogP contribution in [-0.2, 0) is 13.6 Å². The van der Waals surface area contributed by atoms with E-state index in [9.17, 15) is 0 Å². The number of nitrogens with one attached hydrogen (secondary N) is 1. The number of fused-ring (bicyclic) bond motifs is 1. The number of hydrogen-bond acceptors (Lipinski definition) is 7. The molecule has 1 N–H and O–H groups in total. The molecule has 9 nitrogen and oxygen atoms in total. The highest BCUT2D eigenvalue weighted by Gasteiger charge is 2.10. The van der Waals surface area contributed by atoms with Crippen molar-refractivity contribution in [1.82, 2.24) is 34.0 Å². The van der Waals surface area contributed by atoms with Crippen LogP contribution in [-0.4, -0.2) is 61.3 Å². The second-order valence-electron chi connectivity index (χ2n) is 8.63. The molecule has 0 bridgehead atoms. The topological polar surface area (TPSA) is 85.4 Å². The second-order valence-corrected chi connectivity index (χ2v) is 8.63. The van der Waals surface area contributed by atoms with Crippen molar-refractivity contribution in [2.45, 2.75) is 6.54 Å². The fourth-order valence-electron chi connectivity index (χ4n) is 3.76. The van der Waals surface area contributed by atoms with Crippen LogP contribution in [0.4, 0.5) is 5.82 Å². The molecule has 178 valence electrons. The summed E-state index contributed by atoms with van der Waals surface area (Å²) in [5.74, 6) is 1.56. The number of rotatable bonds is 9. The summed E-state index contributed by atoms with van der Waals surface area (Å²) in [6.07, 6.45) is 9.23. The first-order valence-electron chi connectivity index (χ1n) is 11.4. The van der Waals surface area contributed by atoms with E-state index in [-0.39, 0.29) is 0 Å². The molecule has 0 saturated carbocycles. The Labute approximate surface area is 204 Å². The van der Waals surface area contributed by atoms with Gasteiger partial charge in [-0.05, 0) is 31.3 Å². The molecule has 0 spiro atoms. The van der Waals surface area contributed by atoms with E-state index in [1.54, 1.807) is 11.0 Å². The molecular formula is C26H28N8O. The minimum Gasteiger partial charge on any atom is -0.492 e. The van der Waals surface area contributed by atoms with Gasteiger partial charge in [-0.1, -0.05) is 24.3 Å². The third-order valence-corrected chi connectivity index (χ3v) is 5.69. The van der Waals surface area contributed by atoms with Gasteiger partial charge in [-0.3, -0.25) is 9.08 Å². The zero-order valence-corrected chi connectivity index (χ0v) is 20.1. The van der Waals surface area contributed by atoms with Crippen LogP contribution in [0.5, 0.6) is 5.75 Å². The summed E-state index contributed by atoms with van der Waals surface area (Å²) in [5, 5.41) is 7.63. The minimum atomic E-state index is 0.629. The fraction of sp³-hybridized carbons (Fsp3) is 0.231. The first kappa shape index (κ1) is 22.5. The summed E-state index contributed by atoms with van der Waals surface area (Å²) in [6, 6.07) is 14.3. The number of hydrogen-bond donors (Lipinski definition) is 1. The number of nitrogens with zero attached hydrogens (tertiary/aromatic N) is 7. The molecule has 0 amide bonds. The minimum absolute atomic E-state index is 0.629. The van der Waals surface area contributed by atoms with Crippen molar-refractivity contribution in [3.05, 3.63) is 79.1 Å². The van der Waals surface area contributed by atoms with Crippen LogP contribution in [0, 0.1) is 0 Å². The molecule has 0 aliphatic rings. The van der Waals surface area contributed by atoms with E-state index in [1.807, 2.05) is 68.5 Å². The standard InChI is InChI=1S/C26H28N8O/c1-32(2)10-11-35-22-8-9-34-24(16-28-26(34)12-22)23-13-25(30-18-29-23)27-14-19-4-6-20(7-5-19)21-15-31-33(3)17-21/h4-9,12-13,15-18H,10-11,14H2,1-3H3,(H,27,29,30). The van der Waals surface area contributed by atoms with Crippen LogP contribution in [0.3, 0.4) is 0 Å². The van der Waals surface area contributed by atoms with Gasteiger partial charge in [0.2, 0.25) is 0 Å². The molecule has 0 aliphatic carbocycles. The number of imidazole rings is 1. The third-order valence-electron chi connectivity index (χ3n) is 5.69. The first-order valence-corrected chi connectivity index (χ1v) is 11.4. The second kappa shape index (κ2) is 9.94. The summed E-state index contributed by atoms with van der Waals surface area (Å²) < 4.78 is 9.64. The lowest BCUT2D eigenvalue weighted by Crippen LogP contribution is -2.19. The van der Waals surface area contributed by atoms with Crippen molar-refractivity contribution in [2.24, 2.45) is 7.05 Å². The van der Waals surface area contributed by atoms with Gasteiger partial charge < -0.3 is 15.0 Å². The van der Waals surface area contributed by atoms with Gasteiger partial charge in [0.05, 0.1) is 23.8 Å². The molecule has 0 fully saturated rings. The van der Waals surface area contributed by atoms with Crippen molar-refractivity contribution in [3.63, 3.8) is 0 Å². The maximum atomic E-state index is 5.83. The largest absolute Gasteiger partial charge is 0.492 e. The molecule has 9 heteroatoms. The predicted octanol–water partition coefficient (Wildman–Crippen LogP) is 3.74. The highest BCUT2D eigenvalue weighted by atomic mass is 16.5. The monoisotopic (exact) mass is 468 g/mol. The Morgan fingerprint density at radius 1 is 0.971 bits per heavy atom. The Bertz CT molecular complexity index is 1420. The summed E-state index contributed by atoms with van der Waals surface area (Å²) in [4.78, 5) is 15.5. The molecule has 0 aliphatic heterocycles. The zero-order valence-electron chi connectivity index (χ0n) is 20.1. The lowest BCUT2D eigenvalue weighted by Gasteiger charge is -2.11. The maximum absolute atomic E-state index is 5.83. The third kappa shape index (κ3) is 5.30. The average Bonchev–Trinajstić information content (AvgIpc) is 3.49. The van der Waals surface area contributed by atoms with Crippen LogP contribution in [0.1, 0.15) is 5.56 Å². The van der Waals surface area contributed by atoms with Gasteiger partial charge in [0.25, 0.3) is 0 Å². The Morgan fingerprint density at radius 3 is 2.60 bits per heavy atom. The zero-order chi connectivity index (χ0) is 24.2. The number of likely N-dealkylation sites (N-methyl/N-ethyl adjacent to an activating group) is 1. The maximum Gasteiger partial charge on any atom is 0.140 e. The summed E-state index contributed by atoms with van der Waals surface area (Å²) in [6.45, 7) is 2.14. The van der Waals surface area contributed by atoms with E-state index in [1.165, 1.54) is 0 Å². The highest BCUT2D eigenvalue weighted by molar-refractivity contribution is 5.64.